The van der Waals surface area contributed by atoms with Crippen molar-refractivity contribution in [3.8, 4) is 17.6 Å². The van der Waals surface area contributed by atoms with Gasteiger partial charge in [0.2, 0.25) is 0 Å². The molecule has 0 saturated carbocycles. The van der Waals surface area contributed by atoms with Crippen molar-refractivity contribution in [3.05, 3.63) is 63.6 Å². The molecule has 0 aliphatic heterocycles. The Morgan fingerprint density at radius 2 is 1.92 bits per heavy atom. The predicted molar refractivity (Wildman–Crippen MR) is 104 cm³/mol. The van der Waals surface area contributed by atoms with E-state index in [4.69, 9.17) is 9.47 Å². The Morgan fingerprint density at radius 1 is 1.19 bits per heavy atom. The first-order valence-corrected chi connectivity index (χ1v) is 8.73. The first kappa shape index (κ1) is 19.5. The molecule has 0 atom stereocenters. The van der Waals surface area contributed by atoms with Crippen molar-refractivity contribution < 1.29 is 14.3 Å². The number of methoxy groups -OCH3 is 2. The van der Waals surface area contributed by atoms with Crippen LogP contribution in [-0.4, -0.2) is 26.7 Å². The molecular weight excluding hydrogens is 396 g/mol. The Labute approximate surface area is 161 Å². The van der Waals surface area contributed by atoms with E-state index in [-0.39, 0.29) is 5.57 Å². The van der Waals surface area contributed by atoms with Crippen molar-refractivity contribution in [1.29, 1.82) is 5.26 Å². The molecule has 26 heavy (non-hydrogen) atoms. The molecule has 0 unspecified atom stereocenters. The second-order valence-corrected chi connectivity index (χ2v) is 6.24. The summed E-state index contributed by atoms with van der Waals surface area (Å²) in [5.74, 6) is 0.898. The molecule has 2 rings (SSSR count). The van der Waals surface area contributed by atoms with E-state index >= 15 is 0 Å². The monoisotopic (exact) mass is 414 g/mol. The fourth-order valence-electron chi connectivity index (χ4n) is 2.35. The van der Waals surface area contributed by atoms with E-state index in [9.17, 15) is 10.1 Å². The van der Waals surface area contributed by atoms with Gasteiger partial charge in [-0.05, 0) is 41.8 Å². The van der Waals surface area contributed by atoms with Gasteiger partial charge in [-0.15, -0.1) is 0 Å². The van der Waals surface area contributed by atoms with Crippen molar-refractivity contribution in [2.75, 3.05) is 20.8 Å². The summed E-state index contributed by atoms with van der Waals surface area (Å²) in [4.78, 5) is 12.2. The van der Waals surface area contributed by atoms with E-state index in [1.807, 2.05) is 48.5 Å². The maximum atomic E-state index is 12.2. The molecule has 0 aromatic heterocycles. The van der Waals surface area contributed by atoms with Crippen LogP contribution in [0.15, 0.2) is 52.5 Å². The van der Waals surface area contributed by atoms with Crippen molar-refractivity contribution in [2.45, 2.75) is 6.42 Å². The maximum Gasteiger partial charge on any atom is 0.261 e. The third-order valence-electron chi connectivity index (χ3n) is 3.72. The van der Waals surface area contributed by atoms with E-state index in [0.717, 1.165) is 15.6 Å². The Morgan fingerprint density at radius 3 is 2.58 bits per heavy atom. The molecular formula is C20H19BrN2O3. The molecule has 6 heteroatoms. The van der Waals surface area contributed by atoms with E-state index in [0.29, 0.717) is 24.5 Å². The highest BCUT2D eigenvalue weighted by atomic mass is 79.9. The number of rotatable bonds is 7. The van der Waals surface area contributed by atoms with Crippen LogP contribution in [0.25, 0.3) is 6.08 Å². The minimum absolute atomic E-state index is 0.0595. The molecule has 1 amide bonds. The molecule has 0 fully saturated rings. The standard InChI is InChI=1S/C20H19BrN2O3/c1-25-18-8-7-14(11-19(18)26-2)9-10-23-20(24)16(13-22)12-15-5-3-4-6-17(15)21/h3-8,11-12H,9-10H2,1-2H3,(H,23,24)/b16-12+. The lowest BCUT2D eigenvalue weighted by molar-refractivity contribution is -0.117. The average molecular weight is 415 g/mol. The van der Waals surface area contributed by atoms with Crippen LogP contribution in [0.4, 0.5) is 0 Å². The van der Waals surface area contributed by atoms with Crippen LogP contribution in [0.2, 0.25) is 0 Å². The lowest BCUT2D eigenvalue weighted by Crippen LogP contribution is -2.26. The first-order chi connectivity index (χ1) is 12.6. The summed E-state index contributed by atoms with van der Waals surface area (Å²) in [7, 11) is 3.16. The van der Waals surface area contributed by atoms with Gasteiger partial charge < -0.3 is 14.8 Å². The van der Waals surface area contributed by atoms with Gasteiger partial charge >= 0.3 is 0 Å². The van der Waals surface area contributed by atoms with Gasteiger partial charge in [-0.1, -0.05) is 40.2 Å². The lowest BCUT2D eigenvalue weighted by atomic mass is 10.1. The lowest BCUT2D eigenvalue weighted by Gasteiger charge is -2.10. The van der Waals surface area contributed by atoms with Gasteiger partial charge in [0.15, 0.2) is 11.5 Å². The first-order valence-electron chi connectivity index (χ1n) is 7.94. The van der Waals surface area contributed by atoms with Crippen molar-refractivity contribution >= 4 is 27.9 Å². The number of nitrogens with one attached hydrogen (secondary N) is 1. The number of amides is 1. The zero-order chi connectivity index (χ0) is 18.9. The number of hydrogen-bond acceptors (Lipinski definition) is 4. The SMILES string of the molecule is COc1ccc(CCNC(=O)/C(C#N)=C/c2ccccc2Br)cc1OC. The van der Waals surface area contributed by atoms with Crippen molar-refractivity contribution in [1.82, 2.24) is 5.32 Å². The molecule has 0 aliphatic carbocycles. The summed E-state index contributed by atoms with van der Waals surface area (Å²) in [5.41, 5.74) is 1.83. The number of benzene rings is 2. The zero-order valence-corrected chi connectivity index (χ0v) is 16.2. The topological polar surface area (TPSA) is 71.3 Å². The quantitative estimate of drug-likeness (QED) is 0.553. The summed E-state index contributed by atoms with van der Waals surface area (Å²) in [6.45, 7) is 0.406. The second-order valence-electron chi connectivity index (χ2n) is 5.39. The summed E-state index contributed by atoms with van der Waals surface area (Å²) < 4.78 is 11.3. The van der Waals surface area contributed by atoms with Gasteiger partial charge in [0.05, 0.1) is 14.2 Å². The molecule has 0 spiro atoms. The summed E-state index contributed by atoms with van der Waals surface area (Å²) >= 11 is 3.40. The molecule has 2 aromatic rings. The van der Waals surface area contributed by atoms with Gasteiger partial charge in [0.25, 0.3) is 5.91 Å². The summed E-state index contributed by atoms with van der Waals surface area (Å²) in [6.07, 6.45) is 2.18. The highest BCUT2D eigenvalue weighted by molar-refractivity contribution is 9.10. The number of hydrogen-bond donors (Lipinski definition) is 1. The van der Waals surface area contributed by atoms with Crippen LogP contribution in [0, 0.1) is 11.3 Å². The zero-order valence-electron chi connectivity index (χ0n) is 14.6. The van der Waals surface area contributed by atoms with Crippen LogP contribution in [0.3, 0.4) is 0 Å². The van der Waals surface area contributed by atoms with Crippen LogP contribution in [0.1, 0.15) is 11.1 Å². The van der Waals surface area contributed by atoms with Crippen molar-refractivity contribution in [2.24, 2.45) is 0 Å². The van der Waals surface area contributed by atoms with Gasteiger partial charge in [-0.2, -0.15) is 5.26 Å². The fraction of sp³-hybridized carbons (Fsp3) is 0.200. The van der Waals surface area contributed by atoms with E-state index < -0.39 is 5.91 Å². The van der Waals surface area contributed by atoms with Gasteiger partial charge in [0.1, 0.15) is 11.6 Å². The predicted octanol–water partition coefficient (Wildman–Crippen LogP) is 3.73. The summed E-state index contributed by atoms with van der Waals surface area (Å²) in [5, 5.41) is 12.0. The second kappa shape index (κ2) is 9.64. The molecule has 0 aliphatic rings. The molecule has 0 bridgehead atoms. The Bertz CT molecular complexity index is 856. The number of nitriles is 1. The fourth-order valence-corrected chi connectivity index (χ4v) is 2.75. The normalized spacial score (nSPS) is 10.8. The smallest absolute Gasteiger partial charge is 0.261 e. The Kier molecular flexibility index (Phi) is 7.24. The number of carbonyl (C=O) groups excluding carboxylic acids is 1. The van der Waals surface area contributed by atoms with Crippen molar-refractivity contribution in [3.63, 3.8) is 0 Å². The van der Waals surface area contributed by atoms with Crippen LogP contribution in [-0.2, 0) is 11.2 Å². The van der Waals surface area contributed by atoms with E-state index in [1.165, 1.54) is 0 Å². The number of carbonyl (C=O) groups is 1. The maximum absolute atomic E-state index is 12.2. The number of halogens is 1. The highest BCUT2D eigenvalue weighted by Crippen LogP contribution is 2.27. The highest BCUT2D eigenvalue weighted by Gasteiger charge is 2.10. The summed E-state index contributed by atoms with van der Waals surface area (Å²) in [6, 6.07) is 15.0. The molecule has 0 heterocycles. The van der Waals surface area contributed by atoms with E-state index in [2.05, 4.69) is 21.2 Å². The van der Waals surface area contributed by atoms with Gasteiger partial charge in [-0.25, -0.2) is 0 Å². The third-order valence-corrected chi connectivity index (χ3v) is 4.44. The largest absolute Gasteiger partial charge is 0.493 e. The number of nitrogens with zero attached hydrogens (tertiary/aromatic N) is 1. The molecule has 134 valence electrons. The van der Waals surface area contributed by atoms with Crippen LogP contribution < -0.4 is 14.8 Å². The van der Waals surface area contributed by atoms with E-state index in [1.54, 1.807) is 20.3 Å². The molecule has 2 aromatic carbocycles. The Hall–Kier alpha value is -2.78. The molecule has 5 nitrogen and oxygen atoms in total. The minimum atomic E-state index is -0.399. The molecule has 1 N–H and O–H groups in total. The average Bonchev–Trinajstić information content (AvgIpc) is 2.67. The Balaban J connectivity index is 1.99. The van der Waals surface area contributed by atoms with Crippen LogP contribution in [0.5, 0.6) is 11.5 Å². The molecule has 0 radical (unpaired) electrons. The van der Waals surface area contributed by atoms with Gasteiger partial charge in [-0.3, -0.25) is 4.79 Å². The minimum Gasteiger partial charge on any atom is -0.493 e. The number of ether oxygens (including phenoxy) is 2. The molecule has 0 saturated heterocycles. The van der Waals surface area contributed by atoms with Gasteiger partial charge in [0, 0.05) is 11.0 Å². The van der Waals surface area contributed by atoms with Crippen LogP contribution >= 0.6 is 15.9 Å². The third kappa shape index (κ3) is 5.11.